The standard InChI is InChI=1S/C12H20N2O3S2/c1-3-13-8-11-12(10(2)9-18-11)19(15,16)14-4-6-17-7-5-14/h9,13H,3-8H2,1-2H3. The molecule has 1 aliphatic heterocycles. The van der Waals surface area contributed by atoms with E-state index in [4.69, 9.17) is 4.74 Å². The number of sulfonamides is 1. The lowest BCUT2D eigenvalue weighted by Gasteiger charge is -2.26. The maximum Gasteiger partial charge on any atom is 0.244 e. The first-order valence-electron chi connectivity index (χ1n) is 6.43. The summed E-state index contributed by atoms with van der Waals surface area (Å²) < 4.78 is 32.2. The molecule has 1 aliphatic rings. The molecule has 0 atom stereocenters. The summed E-state index contributed by atoms with van der Waals surface area (Å²) in [6.45, 7) is 7.14. The van der Waals surface area contributed by atoms with Gasteiger partial charge in [-0.25, -0.2) is 8.42 Å². The van der Waals surface area contributed by atoms with Crippen molar-refractivity contribution in [2.75, 3.05) is 32.8 Å². The Hall–Kier alpha value is -0.470. The maximum atomic E-state index is 12.7. The van der Waals surface area contributed by atoms with Crippen LogP contribution in [0.4, 0.5) is 0 Å². The van der Waals surface area contributed by atoms with Crippen LogP contribution in [-0.4, -0.2) is 45.6 Å². The van der Waals surface area contributed by atoms with Gasteiger partial charge in [-0.2, -0.15) is 4.31 Å². The van der Waals surface area contributed by atoms with E-state index >= 15 is 0 Å². The molecule has 1 aromatic rings. The number of nitrogens with zero attached hydrogens (tertiary/aromatic N) is 1. The lowest BCUT2D eigenvalue weighted by atomic mass is 10.3. The summed E-state index contributed by atoms with van der Waals surface area (Å²) in [5.74, 6) is 0. The average molecular weight is 304 g/mol. The van der Waals surface area contributed by atoms with Crippen molar-refractivity contribution in [2.45, 2.75) is 25.3 Å². The Bertz CT molecular complexity index is 519. The second-order valence-electron chi connectivity index (χ2n) is 4.47. The molecule has 1 N–H and O–H groups in total. The predicted molar refractivity (Wildman–Crippen MR) is 76.0 cm³/mol. The monoisotopic (exact) mass is 304 g/mol. The molecule has 0 radical (unpaired) electrons. The van der Waals surface area contributed by atoms with Crippen LogP contribution in [0, 0.1) is 6.92 Å². The van der Waals surface area contributed by atoms with Crippen molar-refractivity contribution in [1.82, 2.24) is 9.62 Å². The van der Waals surface area contributed by atoms with Gasteiger partial charge in [0.15, 0.2) is 0 Å². The number of hydrogen-bond acceptors (Lipinski definition) is 5. The van der Waals surface area contributed by atoms with Crippen LogP contribution in [0.3, 0.4) is 0 Å². The molecule has 1 aromatic heterocycles. The predicted octanol–water partition coefficient (Wildman–Crippen LogP) is 1.19. The number of thiophene rings is 1. The van der Waals surface area contributed by atoms with Gasteiger partial charge in [0, 0.05) is 24.5 Å². The molecule has 0 amide bonds. The molecule has 0 aliphatic carbocycles. The van der Waals surface area contributed by atoms with Crippen molar-refractivity contribution in [2.24, 2.45) is 0 Å². The molecule has 7 heteroatoms. The van der Waals surface area contributed by atoms with Crippen molar-refractivity contribution in [3.8, 4) is 0 Å². The van der Waals surface area contributed by atoms with E-state index in [1.807, 2.05) is 19.2 Å². The zero-order chi connectivity index (χ0) is 13.9. The highest BCUT2D eigenvalue weighted by Crippen LogP contribution is 2.29. The van der Waals surface area contributed by atoms with Gasteiger partial charge < -0.3 is 10.1 Å². The van der Waals surface area contributed by atoms with E-state index in [9.17, 15) is 8.42 Å². The molecule has 5 nitrogen and oxygen atoms in total. The molecular formula is C12H20N2O3S2. The molecule has 0 unspecified atom stereocenters. The van der Waals surface area contributed by atoms with Crippen LogP contribution in [0.5, 0.6) is 0 Å². The molecule has 0 spiro atoms. The van der Waals surface area contributed by atoms with Crippen molar-refractivity contribution >= 4 is 21.4 Å². The quantitative estimate of drug-likeness (QED) is 0.888. The third-order valence-electron chi connectivity index (χ3n) is 3.09. The van der Waals surface area contributed by atoms with Gasteiger partial charge in [0.1, 0.15) is 4.90 Å². The second kappa shape index (κ2) is 6.32. The van der Waals surface area contributed by atoms with Crippen molar-refractivity contribution in [3.63, 3.8) is 0 Å². The molecule has 2 heterocycles. The van der Waals surface area contributed by atoms with E-state index in [0.29, 0.717) is 37.7 Å². The number of rotatable bonds is 5. The first-order chi connectivity index (χ1) is 9.07. The molecule has 0 aromatic carbocycles. The van der Waals surface area contributed by atoms with Gasteiger partial charge in [-0.3, -0.25) is 0 Å². The van der Waals surface area contributed by atoms with Gasteiger partial charge in [0.05, 0.1) is 13.2 Å². The Morgan fingerprint density at radius 3 is 2.74 bits per heavy atom. The summed E-state index contributed by atoms with van der Waals surface area (Å²) in [5.41, 5.74) is 0.837. The first-order valence-corrected chi connectivity index (χ1v) is 8.75. The number of hydrogen-bond donors (Lipinski definition) is 1. The first kappa shape index (κ1) is 14.9. The lowest BCUT2D eigenvalue weighted by molar-refractivity contribution is 0.0730. The van der Waals surface area contributed by atoms with Gasteiger partial charge in [0.25, 0.3) is 0 Å². The number of aryl methyl sites for hydroxylation is 1. The molecule has 1 saturated heterocycles. The fourth-order valence-corrected chi connectivity index (χ4v) is 5.25. The topological polar surface area (TPSA) is 58.6 Å². The van der Waals surface area contributed by atoms with E-state index in [1.165, 1.54) is 15.6 Å². The van der Waals surface area contributed by atoms with E-state index in [0.717, 1.165) is 17.0 Å². The second-order valence-corrected chi connectivity index (χ2v) is 7.31. The van der Waals surface area contributed by atoms with Gasteiger partial charge in [0.2, 0.25) is 10.0 Å². The number of nitrogens with one attached hydrogen (secondary N) is 1. The molecule has 1 fully saturated rings. The van der Waals surface area contributed by atoms with Crippen LogP contribution in [0.25, 0.3) is 0 Å². The van der Waals surface area contributed by atoms with Crippen LogP contribution in [-0.2, 0) is 21.3 Å². The van der Waals surface area contributed by atoms with Crippen LogP contribution in [0.1, 0.15) is 17.4 Å². The largest absolute Gasteiger partial charge is 0.379 e. The molecule has 108 valence electrons. The normalized spacial score (nSPS) is 17.8. The highest BCUT2D eigenvalue weighted by atomic mass is 32.2. The minimum atomic E-state index is -3.39. The molecular weight excluding hydrogens is 284 g/mol. The lowest BCUT2D eigenvalue weighted by Crippen LogP contribution is -2.41. The van der Waals surface area contributed by atoms with Crippen LogP contribution in [0.2, 0.25) is 0 Å². The van der Waals surface area contributed by atoms with Gasteiger partial charge in [-0.15, -0.1) is 11.3 Å². The summed E-state index contributed by atoms with van der Waals surface area (Å²) in [5, 5.41) is 5.11. The minimum Gasteiger partial charge on any atom is -0.379 e. The van der Waals surface area contributed by atoms with Gasteiger partial charge >= 0.3 is 0 Å². The molecule has 0 bridgehead atoms. The highest BCUT2D eigenvalue weighted by Gasteiger charge is 2.30. The van der Waals surface area contributed by atoms with Crippen molar-refractivity contribution < 1.29 is 13.2 Å². The average Bonchev–Trinajstić information content (AvgIpc) is 2.79. The Kier molecular flexibility index (Phi) is 4.97. The molecule has 2 rings (SSSR count). The zero-order valence-electron chi connectivity index (χ0n) is 11.3. The fourth-order valence-electron chi connectivity index (χ4n) is 2.11. The SMILES string of the molecule is CCNCc1scc(C)c1S(=O)(=O)N1CCOCC1. The highest BCUT2D eigenvalue weighted by molar-refractivity contribution is 7.89. The minimum absolute atomic E-state index is 0.443. The zero-order valence-corrected chi connectivity index (χ0v) is 12.9. The van der Waals surface area contributed by atoms with Crippen molar-refractivity contribution in [1.29, 1.82) is 0 Å². The van der Waals surface area contributed by atoms with Crippen LogP contribution >= 0.6 is 11.3 Å². The maximum absolute atomic E-state index is 12.7. The summed E-state index contributed by atoms with van der Waals surface area (Å²) >= 11 is 1.51. The third-order valence-corrected chi connectivity index (χ3v) is 6.46. The number of ether oxygens (including phenoxy) is 1. The number of morpholine rings is 1. The van der Waals surface area contributed by atoms with Gasteiger partial charge in [-0.05, 0) is 24.4 Å². The summed E-state index contributed by atoms with van der Waals surface area (Å²) in [4.78, 5) is 1.38. The van der Waals surface area contributed by atoms with E-state index in [1.54, 1.807) is 0 Å². The molecule has 19 heavy (non-hydrogen) atoms. The summed E-state index contributed by atoms with van der Waals surface area (Å²) in [6.07, 6.45) is 0. The Morgan fingerprint density at radius 2 is 2.11 bits per heavy atom. The van der Waals surface area contributed by atoms with E-state index < -0.39 is 10.0 Å². The van der Waals surface area contributed by atoms with E-state index in [2.05, 4.69) is 5.32 Å². The van der Waals surface area contributed by atoms with Crippen LogP contribution in [0.15, 0.2) is 10.3 Å². The Morgan fingerprint density at radius 1 is 1.42 bits per heavy atom. The summed E-state index contributed by atoms with van der Waals surface area (Å²) in [7, 11) is -3.39. The van der Waals surface area contributed by atoms with Crippen molar-refractivity contribution in [3.05, 3.63) is 15.8 Å². The third kappa shape index (κ3) is 3.17. The van der Waals surface area contributed by atoms with Crippen LogP contribution < -0.4 is 5.32 Å². The van der Waals surface area contributed by atoms with Gasteiger partial charge in [-0.1, -0.05) is 6.92 Å². The Labute approximate surface area is 118 Å². The molecule has 0 saturated carbocycles. The smallest absolute Gasteiger partial charge is 0.244 e. The summed E-state index contributed by atoms with van der Waals surface area (Å²) in [6, 6.07) is 0. The Balaban J connectivity index is 2.30. The van der Waals surface area contributed by atoms with E-state index in [-0.39, 0.29) is 0 Å². The fraction of sp³-hybridized carbons (Fsp3) is 0.667.